The minimum absolute atomic E-state index is 0.0570. The molecule has 4 aromatic rings. The summed E-state index contributed by atoms with van der Waals surface area (Å²) in [6.45, 7) is 3.67. The Bertz CT molecular complexity index is 1460. The van der Waals surface area contributed by atoms with Crippen LogP contribution in [0.5, 0.6) is 0 Å². The van der Waals surface area contributed by atoms with Gasteiger partial charge >= 0.3 is 11.9 Å². The van der Waals surface area contributed by atoms with Crippen molar-refractivity contribution >= 4 is 61.2 Å². The van der Waals surface area contributed by atoms with Crippen LogP contribution in [0.25, 0.3) is 21.6 Å². The molecule has 1 aromatic carbocycles. The summed E-state index contributed by atoms with van der Waals surface area (Å²) >= 11 is 2.51. The maximum atomic E-state index is 13.1. The molecule has 190 valence electrons. The first-order valence-electron chi connectivity index (χ1n) is 11.2. The van der Waals surface area contributed by atoms with Gasteiger partial charge in [0.05, 0.1) is 35.8 Å². The second-order valence-corrected chi connectivity index (χ2v) is 11.7. The summed E-state index contributed by atoms with van der Waals surface area (Å²) in [7, 11) is -2.18. The molecule has 0 aliphatic heterocycles. The van der Waals surface area contributed by atoms with Gasteiger partial charge in [0.15, 0.2) is 5.92 Å². The van der Waals surface area contributed by atoms with Gasteiger partial charge in [-0.3, -0.25) is 13.9 Å². The third-order valence-electron chi connectivity index (χ3n) is 5.42. The number of thiazole rings is 1. The Kier molecular flexibility index (Phi) is 7.76. The normalized spacial score (nSPS) is 11.7. The molecular weight excluding hydrogens is 522 g/mol. The second-order valence-electron chi connectivity index (χ2n) is 7.73. The van der Waals surface area contributed by atoms with Gasteiger partial charge in [-0.05, 0) is 37.4 Å². The Morgan fingerprint density at radius 3 is 2.44 bits per heavy atom. The third-order valence-corrected chi connectivity index (χ3v) is 9.49. The summed E-state index contributed by atoms with van der Waals surface area (Å²) < 4.78 is 37.7. The van der Waals surface area contributed by atoms with Crippen LogP contribution in [-0.2, 0) is 35.5 Å². The number of nitrogens with one attached hydrogen (secondary N) is 1. The van der Waals surface area contributed by atoms with Gasteiger partial charge in [-0.2, -0.15) is 0 Å². The van der Waals surface area contributed by atoms with Gasteiger partial charge in [-0.15, -0.1) is 22.7 Å². The Hall–Kier alpha value is -3.22. The van der Waals surface area contributed by atoms with Crippen LogP contribution in [0.4, 0.5) is 5.69 Å². The Morgan fingerprint density at radius 1 is 1.08 bits per heavy atom. The third kappa shape index (κ3) is 5.15. The molecule has 36 heavy (non-hydrogen) atoms. The fraction of sp³-hybridized carbons (Fsp3) is 0.292. The van der Waals surface area contributed by atoms with Crippen LogP contribution in [-0.4, -0.2) is 50.6 Å². The van der Waals surface area contributed by atoms with Gasteiger partial charge in [-0.1, -0.05) is 18.2 Å². The van der Waals surface area contributed by atoms with E-state index in [4.69, 9.17) is 9.47 Å². The number of nitrogens with zero attached hydrogens (tertiary/aromatic N) is 2. The summed E-state index contributed by atoms with van der Waals surface area (Å²) in [5.74, 6) is -2.38. The molecule has 3 heterocycles. The lowest BCUT2D eigenvalue weighted by molar-refractivity contribution is -0.161. The molecule has 0 radical (unpaired) electrons. The molecule has 0 saturated heterocycles. The van der Waals surface area contributed by atoms with Crippen molar-refractivity contribution < 1.29 is 27.5 Å². The van der Waals surface area contributed by atoms with E-state index in [1.807, 2.05) is 12.1 Å². The number of aromatic nitrogens is 2. The van der Waals surface area contributed by atoms with Gasteiger partial charge < -0.3 is 14.5 Å². The molecule has 1 N–H and O–H groups in total. The number of carbonyl (C=O) groups is 2. The highest BCUT2D eigenvalue weighted by atomic mass is 32.2. The van der Waals surface area contributed by atoms with E-state index in [0.717, 1.165) is 16.7 Å². The minimum Gasteiger partial charge on any atom is -0.465 e. The lowest BCUT2D eigenvalue weighted by atomic mass is 10.0. The van der Waals surface area contributed by atoms with E-state index in [0.29, 0.717) is 27.6 Å². The summed E-state index contributed by atoms with van der Waals surface area (Å²) in [6, 6.07) is 10.6. The maximum absolute atomic E-state index is 13.1. The van der Waals surface area contributed by atoms with Crippen molar-refractivity contribution in [3.8, 4) is 10.7 Å². The van der Waals surface area contributed by atoms with Crippen molar-refractivity contribution in [1.29, 1.82) is 0 Å². The number of carbonyl (C=O) groups excluding carboxylic acids is 2. The Labute approximate surface area is 216 Å². The monoisotopic (exact) mass is 547 g/mol. The van der Waals surface area contributed by atoms with Gasteiger partial charge in [0.1, 0.15) is 9.22 Å². The number of sulfonamides is 1. The van der Waals surface area contributed by atoms with Crippen molar-refractivity contribution in [3.63, 3.8) is 0 Å². The van der Waals surface area contributed by atoms with E-state index in [-0.39, 0.29) is 23.8 Å². The molecule has 3 aromatic heterocycles. The van der Waals surface area contributed by atoms with Crippen molar-refractivity contribution in [2.24, 2.45) is 5.92 Å². The molecule has 0 spiro atoms. The van der Waals surface area contributed by atoms with Gasteiger partial charge in [0, 0.05) is 24.2 Å². The largest absolute Gasteiger partial charge is 0.465 e. The number of ether oxygens (including phenoxy) is 2. The average Bonchev–Trinajstić information content (AvgIpc) is 3.62. The molecule has 12 heteroatoms. The van der Waals surface area contributed by atoms with Crippen molar-refractivity contribution in [2.45, 2.75) is 24.5 Å². The number of hydrogen-bond donors (Lipinski definition) is 1. The van der Waals surface area contributed by atoms with Gasteiger partial charge in [0.2, 0.25) is 0 Å². The first-order chi connectivity index (χ1) is 17.3. The highest BCUT2D eigenvalue weighted by Crippen LogP contribution is 2.34. The van der Waals surface area contributed by atoms with Crippen LogP contribution >= 0.6 is 22.7 Å². The van der Waals surface area contributed by atoms with Crippen LogP contribution in [0.2, 0.25) is 0 Å². The summed E-state index contributed by atoms with van der Waals surface area (Å²) in [5, 5.41) is 4.97. The molecule has 0 atom stereocenters. The van der Waals surface area contributed by atoms with Crippen LogP contribution in [0.15, 0.2) is 51.4 Å². The van der Waals surface area contributed by atoms with Crippen molar-refractivity contribution in [3.05, 3.63) is 52.9 Å². The quantitative estimate of drug-likeness (QED) is 0.230. The number of hydrogen-bond acceptors (Lipinski definition) is 9. The molecule has 0 aliphatic rings. The number of esters is 2. The van der Waals surface area contributed by atoms with Crippen LogP contribution < -0.4 is 4.31 Å². The number of thiophene rings is 1. The first kappa shape index (κ1) is 25.9. The predicted octanol–water partition coefficient (Wildman–Crippen LogP) is 4.46. The second kappa shape index (κ2) is 10.8. The molecule has 0 saturated carbocycles. The smallest absolute Gasteiger partial charge is 0.320 e. The molecule has 4 rings (SSSR count). The zero-order valence-corrected chi connectivity index (χ0v) is 22.3. The minimum atomic E-state index is -3.70. The summed E-state index contributed by atoms with van der Waals surface area (Å²) in [6.07, 6.45) is 0.0570. The number of H-pyrrole nitrogens is 1. The van der Waals surface area contributed by atoms with Crippen molar-refractivity contribution in [1.82, 2.24) is 9.97 Å². The van der Waals surface area contributed by atoms with Crippen LogP contribution in [0.3, 0.4) is 0 Å². The standard InChI is InChI=1S/C24H25N3O6S3/c1-4-32-23(28)17(24(29)33-5-2)13-16-14-35-22(25-16)18-12-15-8-6-9-19(21(15)26-18)27(3)36(30,31)20-10-7-11-34-20/h6-12,14,17,26H,4-5,13H2,1-3H3. The average molecular weight is 548 g/mol. The van der Waals surface area contributed by atoms with E-state index < -0.39 is 27.9 Å². The van der Waals surface area contributed by atoms with Crippen LogP contribution in [0.1, 0.15) is 19.5 Å². The first-order valence-corrected chi connectivity index (χ1v) is 14.4. The van der Waals surface area contributed by atoms with Crippen molar-refractivity contribution in [2.75, 3.05) is 24.6 Å². The lowest BCUT2D eigenvalue weighted by Gasteiger charge is -2.19. The van der Waals surface area contributed by atoms with E-state index in [1.54, 1.807) is 48.9 Å². The number of benzene rings is 1. The highest BCUT2D eigenvalue weighted by Gasteiger charge is 2.31. The number of fused-ring (bicyclic) bond motifs is 1. The van der Waals surface area contributed by atoms with Crippen LogP contribution in [0, 0.1) is 5.92 Å². The number of anilines is 1. The predicted molar refractivity (Wildman–Crippen MR) is 140 cm³/mol. The van der Waals surface area contributed by atoms with E-state index >= 15 is 0 Å². The van der Waals surface area contributed by atoms with E-state index in [2.05, 4.69) is 9.97 Å². The van der Waals surface area contributed by atoms with Gasteiger partial charge in [-0.25, -0.2) is 13.4 Å². The highest BCUT2D eigenvalue weighted by molar-refractivity contribution is 7.94. The number of rotatable bonds is 10. The number of aromatic amines is 1. The fourth-order valence-corrected chi connectivity index (χ4v) is 6.85. The maximum Gasteiger partial charge on any atom is 0.320 e. The summed E-state index contributed by atoms with van der Waals surface area (Å²) in [5.41, 5.74) is 2.41. The molecule has 0 fully saturated rings. The Morgan fingerprint density at radius 2 is 1.81 bits per heavy atom. The molecule has 9 nitrogen and oxygen atoms in total. The molecule has 0 aliphatic carbocycles. The summed E-state index contributed by atoms with van der Waals surface area (Å²) in [4.78, 5) is 32.5. The topological polar surface area (TPSA) is 119 Å². The van der Waals surface area contributed by atoms with Gasteiger partial charge in [0.25, 0.3) is 10.0 Å². The molecule has 0 amide bonds. The SMILES string of the molecule is CCOC(=O)C(Cc1csc(-c2cc3cccc(N(C)S(=O)(=O)c4cccs4)c3[nH]2)n1)C(=O)OCC. The zero-order chi connectivity index (χ0) is 25.9. The molecule has 0 unspecified atom stereocenters. The zero-order valence-electron chi connectivity index (χ0n) is 19.9. The number of para-hydroxylation sites is 1. The lowest BCUT2D eigenvalue weighted by Crippen LogP contribution is -2.30. The van der Waals surface area contributed by atoms with E-state index in [1.165, 1.54) is 22.7 Å². The van der Waals surface area contributed by atoms with E-state index in [9.17, 15) is 18.0 Å². The Balaban J connectivity index is 1.63. The molecule has 0 bridgehead atoms. The fourth-order valence-electron chi connectivity index (χ4n) is 3.67. The molecular formula is C24H25N3O6S3.